The van der Waals surface area contributed by atoms with Gasteiger partial charge in [-0.1, -0.05) is 68.9 Å². The summed E-state index contributed by atoms with van der Waals surface area (Å²) in [6.07, 6.45) is 0. The van der Waals surface area contributed by atoms with Crippen molar-refractivity contribution in [3.05, 3.63) is 119 Å². The molecular weight excluding hydrogens is 475 g/mol. The summed E-state index contributed by atoms with van der Waals surface area (Å²) < 4.78 is 0. The van der Waals surface area contributed by atoms with Gasteiger partial charge in [0.2, 0.25) is 0 Å². The summed E-state index contributed by atoms with van der Waals surface area (Å²) in [4.78, 5) is 10.7. The van der Waals surface area contributed by atoms with Gasteiger partial charge >= 0.3 is 0 Å². The predicted octanol–water partition coefficient (Wildman–Crippen LogP) is 9.58. The summed E-state index contributed by atoms with van der Waals surface area (Å²) in [7, 11) is 0. The zero-order valence-electron chi connectivity index (χ0n) is 18.0. The van der Waals surface area contributed by atoms with E-state index in [1.807, 2.05) is 25.1 Å². The number of nitrogens with zero attached hydrogens (tertiary/aromatic N) is 10. The topological polar surface area (TPSA) is 150 Å². The summed E-state index contributed by atoms with van der Waals surface area (Å²) in [5, 5.41) is 12.1. The van der Waals surface area contributed by atoms with E-state index >= 15 is 0 Å². The molecule has 0 saturated heterocycles. The first kappa shape index (κ1) is 24.8. The molecular formula is C22H18Cl2N10. The third kappa shape index (κ3) is 6.34. The second kappa shape index (κ2) is 11.8. The third-order valence-electron chi connectivity index (χ3n) is 5.19. The Morgan fingerprint density at radius 3 is 1.68 bits per heavy atom. The van der Waals surface area contributed by atoms with Gasteiger partial charge in [0.25, 0.3) is 0 Å². The molecule has 3 aromatic rings. The van der Waals surface area contributed by atoms with Gasteiger partial charge in [0.05, 0.1) is 0 Å². The summed E-state index contributed by atoms with van der Waals surface area (Å²) >= 11 is 12.9. The van der Waals surface area contributed by atoms with Crippen LogP contribution in [0.4, 0.5) is 17.1 Å². The maximum atomic E-state index is 8.80. The molecule has 0 aromatic heterocycles. The standard InChI is InChI=1S/C22H18Cl2N10/c1-14(15-3-2-4-18(9-15)28-31-25)34(12-16-10-19(29-32-26)5-7-21(16)23)13-17-11-20(30-33-27)6-8-22(17)24/h2-11,14H,12-13H2,1H3. The molecule has 1 unspecified atom stereocenters. The lowest BCUT2D eigenvalue weighted by molar-refractivity contribution is 0.192. The minimum absolute atomic E-state index is 0.160. The van der Waals surface area contributed by atoms with Crippen LogP contribution in [0, 0.1) is 0 Å². The van der Waals surface area contributed by atoms with Crippen LogP contribution in [0.25, 0.3) is 31.3 Å². The van der Waals surface area contributed by atoms with Crippen LogP contribution in [0.15, 0.2) is 76.0 Å². The third-order valence-corrected chi connectivity index (χ3v) is 5.92. The second-order valence-electron chi connectivity index (χ2n) is 7.30. The number of halogens is 2. The fourth-order valence-electron chi connectivity index (χ4n) is 3.47. The van der Waals surface area contributed by atoms with Crippen molar-refractivity contribution in [3.63, 3.8) is 0 Å². The monoisotopic (exact) mass is 492 g/mol. The van der Waals surface area contributed by atoms with Gasteiger partial charge in [-0.3, -0.25) is 4.90 Å². The van der Waals surface area contributed by atoms with E-state index < -0.39 is 0 Å². The van der Waals surface area contributed by atoms with Gasteiger partial charge in [0.1, 0.15) is 0 Å². The van der Waals surface area contributed by atoms with E-state index in [1.165, 1.54) is 0 Å². The maximum absolute atomic E-state index is 8.80. The van der Waals surface area contributed by atoms with E-state index in [9.17, 15) is 0 Å². The van der Waals surface area contributed by atoms with Crippen molar-refractivity contribution in [3.8, 4) is 0 Å². The molecule has 0 aliphatic heterocycles. The molecule has 0 fully saturated rings. The van der Waals surface area contributed by atoms with Crippen LogP contribution in [-0.4, -0.2) is 4.90 Å². The lowest BCUT2D eigenvalue weighted by atomic mass is 10.0. The van der Waals surface area contributed by atoms with Crippen molar-refractivity contribution >= 4 is 40.3 Å². The Balaban J connectivity index is 2.04. The van der Waals surface area contributed by atoms with Crippen molar-refractivity contribution in [2.75, 3.05) is 0 Å². The van der Waals surface area contributed by atoms with Crippen LogP contribution in [0.3, 0.4) is 0 Å². The maximum Gasteiger partial charge on any atom is 0.0451 e. The molecule has 34 heavy (non-hydrogen) atoms. The number of azide groups is 3. The average molecular weight is 493 g/mol. The van der Waals surface area contributed by atoms with E-state index in [0.29, 0.717) is 40.2 Å². The van der Waals surface area contributed by atoms with Gasteiger partial charge in [-0.05, 0) is 70.5 Å². The quantitative estimate of drug-likeness (QED) is 0.163. The summed E-state index contributed by atoms with van der Waals surface area (Å²) in [6.45, 7) is 2.79. The van der Waals surface area contributed by atoms with E-state index in [2.05, 4.69) is 35.0 Å². The summed E-state index contributed by atoms with van der Waals surface area (Å²) in [6, 6.07) is 17.2. The van der Waals surface area contributed by atoms with E-state index in [4.69, 9.17) is 39.8 Å². The normalized spacial score (nSPS) is 11.2. The second-order valence-corrected chi connectivity index (χ2v) is 8.11. The molecule has 0 spiro atoms. The minimum Gasteiger partial charge on any atom is -0.288 e. The van der Waals surface area contributed by atoms with Crippen LogP contribution in [0.5, 0.6) is 0 Å². The summed E-state index contributed by atoms with van der Waals surface area (Å²) in [5.74, 6) is 0. The SMILES string of the molecule is CC(c1cccc(N=[N+]=[N-])c1)N(Cc1cc(N=[N+]=[N-])ccc1Cl)Cc1cc(N=[N+]=[N-])ccc1Cl. The van der Waals surface area contributed by atoms with Crippen LogP contribution < -0.4 is 0 Å². The number of hydrogen-bond acceptors (Lipinski definition) is 4. The Bertz CT molecular complexity index is 1270. The fraction of sp³-hybridized carbons (Fsp3) is 0.182. The Morgan fingerprint density at radius 1 is 0.735 bits per heavy atom. The zero-order valence-corrected chi connectivity index (χ0v) is 19.5. The highest BCUT2D eigenvalue weighted by Crippen LogP contribution is 2.33. The van der Waals surface area contributed by atoms with Gasteiger partial charge in [-0.2, -0.15) is 0 Å². The molecule has 0 N–H and O–H groups in total. The van der Waals surface area contributed by atoms with E-state index in [1.54, 1.807) is 42.5 Å². The molecule has 0 heterocycles. The Morgan fingerprint density at radius 2 is 1.21 bits per heavy atom. The molecule has 0 aliphatic carbocycles. The first-order chi connectivity index (χ1) is 16.4. The fourth-order valence-corrected chi connectivity index (χ4v) is 3.82. The minimum atomic E-state index is -0.160. The largest absolute Gasteiger partial charge is 0.288 e. The molecule has 0 bridgehead atoms. The van der Waals surface area contributed by atoms with Crippen molar-refractivity contribution in [2.45, 2.75) is 26.1 Å². The van der Waals surface area contributed by atoms with Crippen LogP contribution in [-0.2, 0) is 13.1 Å². The van der Waals surface area contributed by atoms with Crippen LogP contribution in [0.2, 0.25) is 10.0 Å². The molecule has 0 amide bonds. The molecule has 1 atom stereocenters. The molecule has 10 nitrogen and oxygen atoms in total. The van der Waals surface area contributed by atoms with Gasteiger partial charge in [0.15, 0.2) is 0 Å². The molecule has 0 saturated carbocycles. The number of rotatable bonds is 9. The molecule has 170 valence electrons. The van der Waals surface area contributed by atoms with Crippen molar-refractivity contribution in [1.82, 2.24) is 4.90 Å². The van der Waals surface area contributed by atoms with Gasteiger partial charge in [-0.25, -0.2) is 0 Å². The molecule has 12 heteroatoms. The first-order valence-corrected chi connectivity index (χ1v) is 10.8. The van der Waals surface area contributed by atoms with Crippen molar-refractivity contribution in [2.24, 2.45) is 15.3 Å². The Hall–Kier alpha value is -3.87. The predicted molar refractivity (Wildman–Crippen MR) is 133 cm³/mol. The van der Waals surface area contributed by atoms with Crippen LogP contribution in [0.1, 0.15) is 29.7 Å². The highest BCUT2D eigenvalue weighted by Gasteiger charge is 2.20. The average Bonchev–Trinajstić information content (AvgIpc) is 2.83. The Kier molecular flexibility index (Phi) is 8.62. The van der Waals surface area contributed by atoms with Crippen LogP contribution >= 0.6 is 23.2 Å². The first-order valence-electron chi connectivity index (χ1n) is 10.0. The van der Waals surface area contributed by atoms with Crippen molar-refractivity contribution in [1.29, 1.82) is 0 Å². The molecule has 0 radical (unpaired) electrons. The molecule has 0 aliphatic rings. The molecule has 3 aromatic carbocycles. The van der Waals surface area contributed by atoms with E-state index in [-0.39, 0.29) is 6.04 Å². The Labute approximate surface area is 205 Å². The van der Waals surface area contributed by atoms with Gasteiger partial charge in [0, 0.05) is 61.0 Å². The smallest absolute Gasteiger partial charge is 0.0451 e. The van der Waals surface area contributed by atoms with E-state index in [0.717, 1.165) is 16.7 Å². The number of benzene rings is 3. The summed E-state index contributed by atoms with van der Waals surface area (Å²) in [5.41, 5.74) is 30.2. The lowest BCUT2D eigenvalue weighted by Crippen LogP contribution is -2.26. The van der Waals surface area contributed by atoms with Crippen molar-refractivity contribution < 1.29 is 0 Å². The molecule has 3 rings (SSSR count). The van der Waals surface area contributed by atoms with Gasteiger partial charge in [-0.15, -0.1) is 0 Å². The van der Waals surface area contributed by atoms with Gasteiger partial charge < -0.3 is 0 Å². The number of hydrogen-bond donors (Lipinski definition) is 0. The highest BCUT2D eigenvalue weighted by atomic mass is 35.5. The zero-order chi connectivity index (χ0) is 24.5. The lowest BCUT2D eigenvalue weighted by Gasteiger charge is -2.30. The highest BCUT2D eigenvalue weighted by molar-refractivity contribution is 6.31.